The molecule has 0 saturated heterocycles. The summed E-state index contributed by atoms with van der Waals surface area (Å²) >= 11 is 0. The molecular weight excluding hydrogens is 325 g/mol. The Kier molecular flexibility index (Phi) is 10.2. The van der Waals surface area contributed by atoms with E-state index in [4.69, 9.17) is 0 Å². The van der Waals surface area contributed by atoms with Gasteiger partial charge in [-0.25, -0.2) is 9.97 Å². The van der Waals surface area contributed by atoms with Gasteiger partial charge in [-0.2, -0.15) is 0 Å². The zero-order valence-electron chi connectivity index (χ0n) is 12.4. The molecule has 2 aromatic heterocycles. The highest BCUT2D eigenvalue weighted by atomic mass is 35.5. The molecule has 0 aliphatic heterocycles. The maximum absolute atomic E-state index is 12.0. The predicted molar refractivity (Wildman–Crippen MR) is 91.3 cm³/mol. The molecule has 0 spiro atoms. The summed E-state index contributed by atoms with van der Waals surface area (Å²) in [4.78, 5) is 20.2. The minimum absolute atomic E-state index is 0. The minimum atomic E-state index is -0.0907. The molecule has 0 aliphatic carbocycles. The first kappa shape index (κ1) is 20.4. The fourth-order valence-corrected chi connectivity index (χ4v) is 1.76. The Bertz CT molecular complexity index is 548. The van der Waals surface area contributed by atoms with Gasteiger partial charge < -0.3 is 10.6 Å². The smallest absolute Gasteiger partial charge is 0.251 e. The van der Waals surface area contributed by atoms with E-state index in [0.717, 1.165) is 19.5 Å². The second kappa shape index (κ2) is 11.0. The van der Waals surface area contributed by atoms with Crippen molar-refractivity contribution >= 4 is 30.7 Å². The average Bonchev–Trinajstić information content (AvgIpc) is 3.01. The van der Waals surface area contributed by atoms with Gasteiger partial charge in [-0.05, 0) is 25.1 Å². The summed E-state index contributed by atoms with van der Waals surface area (Å²) in [5.41, 5.74) is 0.596. The predicted octanol–water partition coefficient (Wildman–Crippen LogP) is 1.84. The third-order valence-corrected chi connectivity index (χ3v) is 2.79. The molecule has 0 atom stereocenters. The van der Waals surface area contributed by atoms with Crippen LogP contribution in [0.3, 0.4) is 0 Å². The van der Waals surface area contributed by atoms with Crippen molar-refractivity contribution in [2.45, 2.75) is 13.3 Å². The summed E-state index contributed by atoms with van der Waals surface area (Å²) in [6.07, 6.45) is 7.83. The van der Waals surface area contributed by atoms with Crippen LogP contribution in [0.2, 0.25) is 0 Å². The second-order valence-electron chi connectivity index (χ2n) is 4.38. The molecule has 2 heterocycles. The van der Waals surface area contributed by atoms with Gasteiger partial charge in [0.2, 0.25) is 0 Å². The Hall–Kier alpha value is -1.63. The molecule has 0 radical (unpaired) electrons. The number of hydrogen-bond donors (Lipinski definition) is 2. The quantitative estimate of drug-likeness (QED) is 0.751. The fraction of sp³-hybridized carbons (Fsp3) is 0.357. The number of carbonyl (C=O) groups excluding carboxylic acids is 1. The SMILES string of the molecule is CCCNCCNC(=O)c1ccnc(-n2ccnc2)c1.Cl.Cl. The highest BCUT2D eigenvalue weighted by Gasteiger charge is 2.06. The summed E-state index contributed by atoms with van der Waals surface area (Å²) in [5.74, 6) is 0.589. The first-order chi connectivity index (χ1) is 9.81. The van der Waals surface area contributed by atoms with Crippen molar-refractivity contribution in [1.29, 1.82) is 0 Å². The van der Waals surface area contributed by atoms with Crippen LogP contribution in [0, 0.1) is 0 Å². The van der Waals surface area contributed by atoms with E-state index < -0.39 is 0 Å². The van der Waals surface area contributed by atoms with Crippen molar-refractivity contribution in [3.63, 3.8) is 0 Å². The van der Waals surface area contributed by atoms with Gasteiger partial charge in [0.1, 0.15) is 12.1 Å². The standard InChI is InChI=1S/C14H19N5O.2ClH/c1-2-4-15-6-7-18-14(20)12-3-5-17-13(10-12)19-9-8-16-11-19;;/h3,5,8-11,15H,2,4,6-7H2,1H3,(H,18,20);2*1H. The Morgan fingerprint density at radius 2 is 2.05 bits per heavy atom. The van der Waals surface area contributed by atoms with Crippen LogP contribution in [0.1, 0.15) is 23.7 Å². The van der Waals surface area contributed by atoms with E-state index in [-0.39, 0.29) is 30.7 Å². The van der Waals surface area contributed by atoms with E-state index in [1.807, 2.05) is 0 Å². The normalized spacial score (nSPS) is 9.50. The lowest BCUT2D eigenvalue weighted by Crippen LogP contribution is -2.32. The van der Waals surface area contributed by atoms with Gasteiger partial charge in [0, 0.05) is 37.2 Å². The number of carbonyl (C=O) groups is 1. The average molecular weight is 346 g/mol. The number of pyridine rings is 1. The van der Waals surface area contributed by atoms with Crippen molar-refractivity contribution < 1.29 is 4.79 Å². The molecule has 8 heteroatoms. The van der Waals surface area contributed by atoms with E-state index in [2.05, 4.69) is 27.5 Å². The number of amides is 1. The van der Waals surface area contributed by atoms with E-state index in [1.165, 1.54) is 0 Å². The van der Waals surface area contributed by atoms with E-state index in [9.17, 15) is 4.79 Å². The molecule has 0 saturated carbocycles. The third-order valence-electron chi connectivity index (χ3n) is 2.79. The molecule has 2 rings (SSSR count). The van der Waals surface area contributed by atoms with Crippen molar-refractivity contribution in [2.24, 2.45) is 0 Å². The number of nitrogens with zero attached hydrogens (tertiary/aromatic N) is 3. The molecule has 1 amide bonds. The molecule has 6 nitrogen and oxygen atoms in total. The zero-order chi connectivity index (χ0) is 14.2. The van der Waals surface area contributed by atoms with Crippen LogP contribution < -0.4 is 10.6 Å². The molecule has 0 fully saturated rings. The monoisotopic (exact) mass is 345 g/mol. The molecule has 2 N–H and O–H groups in total. The van der Waals surface area contributed by atoms with Crippen LogP contribution in [0.25, 0.3) is 5.82 Å². The Morgan fingerprint density at radius 1 is 1.23 bits per heavy atom. The number of aromatic nitrogens is 3. The van der Waals surface area contributed by atoms with Crippen molar-refractivity contribution in [3.05, 3.63) is 42.6 Å². The van der Waals surface area contributed by atoms with E-state index in [0.29, 0.717) is 17.9 Å². The van der Waals surface area contributed by atoms with Crippen LogP contribution in [0.15, 0.2) is 37.1 Å². The van der Waals surface area contributed by atoms with Gasteiger partial charge >= 0.3 is 0 Å². The van der Waals surface area contributed by atoms with Gasteiger partial charge in [0.15, 0.2) is 0 Å². The number of hydrogen-bond acceptors (Lipinski definition) is 4. The molecule has 0 aromatic carbocycles. The number of nitrogens with one attached hydrogen (secondary N) is 2. The van der Waals surface area contributed by atoms with Crippen molar-refractivity contribution in [2.75, 3.05) is 19.6 Å². The topological polar surface area (TPSA) is 71.8 Å². The van der Waals surface area contributed by atoms with E-state index in [1.54, 1.807) is 41.6 Å². The maximum atomic E-state index is 12.0. The number of rotatable bonds is 7. The molecule has 0 unspecified atom stereocenters. The molecular formula is C14H21Cl2N5O. The highest BCUT2D eigenvalue weighted by molar-refractivity contribution is 5.94. The maximum Gasteiger partial charge on any atom is 0.251 e. The Balaban J connectivity index is 0.00000220. The largest absolute Gasteiger partial charge is 0.351 e. The van der Waals surface area contributed by atoms with Gasteiger partial charge in [0.25, 0.3) is 5.91 Å². The summed E-state index contributed by atoms with van der Waals surface area (Å²) < 4.78 is 1.76. The lowest BCUT2D eigenvalue weighted by atomic mass is 10.2. The molecule has 22 heavy (non-hydrogen) atoms. The van der Waals surface area contributed by atoms with Gasteiger partial charge in [0.05, 0.1) is 0 Å². The summed E-state index contributed by atoms with van der Waals surface area (Å²) in [7, 11) is 0. The van der Waals surface area contributed by atoms with Gasteiger partial charge in [-0.3, -0.25) is 9.36 Å². The second-order valence-corrected chi connectivity index (χ2v) is 4.38. The lowest BCUT2D eigenvalue weighted by Gasteiger charge is -2.07. The summed E-state index contributed by atoms with van der Waals surface area (Å²) in [6.45, 7) is 4.47. The third kappa shape index (κ3) is 6.01. The first-order valence-electron chi connectivity index (χ1n) is 6.74. The fourth-order valence-electron chi connectivity index (χ4n) is 1.76. The Labute approximate surface area is 142 Å². The van der Waals surface area contributed by atoms with Crippen LogP contribution >= 0.6 is 24.8 Å². The summed E-state index contributed by atoms with van der Waals surface area (Å²) in [6, 6.07) is 3.45. The molecule has 0 aliphatic rings. The Morgan fingerprint density at radius 3 is 2.73 bits per heavy atom. The lowest BCUT2D eigenvalue weighted by molar-refractivity contribution is 0.0954. The van der Waals surface area contributed by atoms with Crippen LogP contribution in [-0.4, -0.2) is 40.1 Å². The number of imidazole rings is 1. The van der Waals surface area contributed by atoms with Gasteiger partial charge in [-0.15, -0.1) is 24.8 Å². The van der Waals surface area contributed by atoms with E-state index >= 15 is 0 Å². The van der Waals surface area contributed by atoms with Crippen LogP contribution in [0.4, 0.5) is 0 Å². The molecule has 122 valence electrons. The van der Waals surface area contributed by atoms with Crippen molar-refractivity contribution in [1.82, 2.24) is 25.2 Å². The van der Waals surface area contributed by atoms with Crippen LogP contribution in [-0.2, 0) is 0 Å². The first-order valence-corrected chi connectivity index (χ1v) is 6.74. The minimum Gasteiger partial charge on any atom is -0.351 e. The molecule has 0 bridgehead atoms. The van der Waals surface area contributed by atoms with Gasteiger partial charge in [-0.1, -0.05) is 6.92 Å². The van der Waals surface area contributed by atoms with Crippen molar-refractivity contribution in [3.8, 4) is 5.82 Å². The number of halogens is 2. The zero-order valence-corrected chi connectivity index (χ0v) is 14.0. The molecule has 2 aromatic rings. The summed E-state index contributed by atoms with van der Waals surface area (Å²) in [5, 5.41) is 6.11. The van der Waals surface area contributed by atoms with Crippen LogP contribution in [0.5, 0.6) is 0 Å². The highest BCUT2D eigenvalue weighted by Crippen LogP contribution is 2.06.